The minimum atomic E-state index is 0.463. The normalized spacial score (nSPS) is 17.1. The molecule has 0 saturated carbocycles. The molecule has 1 aromatic rings. The lowest BCUT2D eigenvalue weighted by molar-refractivity contribution is 0.503. The van der Waals surface area contributed by atoms with Crippen LogP contribution < -0.4 is 5.32 Å². The van der Waals surface area contributed by atoms with Gasteiger partial charge in [0.15, 0.2) is 0 Å². The highest BCUT2D eigenvalue weighted by atomic mass is 35.5. The van der Waals surface area contributed by atoms with Gasteiger partial charge in [-0.25, -0.2) is 0 Å². The Kier molecular flexibility index (Phi) is 5.67. The molecule has 0 bridgehead atoms. The number of allylic oxidation sites excluding steroid dienone is 1. The summed E-state index contributed by atoms with van der Waals surface area (Å²) in [6, 6.07) is 0.463. The largest absolute Gasteiger partial charge is 0.314 e. The van der Waals surface area contributed by atoms with E-state index in [9.17, 15) is 0 Å². The Bertz CT molecular complexity index is 476. The molecule has 4 heteroatoms. The summed E-state index contributed by atoms with van der Waals surface area (Å²) < 4.78 is 1.77. The fourth-order valence-corrected chi connectivity index (χ4v) is 3.32. The molecule has 20 heavy (non-hydrogen) atoms. The molecule has 1 atom stereocenters. The highest BCUT2D eigenvalue weighted by Gasteiger charge is 2.18. The molecule has 1 heterocycles. The summed E-state index contributed by atoms with van der Waals surface area (Å²) in [5, 5.41) is 8.80. The lowest BCUT2D eigenvalue weighted by Gasteiger charge is -2.21. The van der Waals surface area contributed by atoms with Gasteiger partial charge in [-0.15, -0.1) is 0 Å². The fourth-order valence-electron chi connectivity index (χ4n) is 3.06. The lowest BCUT2D eigenvalue weighted by Crippen LogP contribution is -2.31. The van der Waals surface area contributed by atoms with Crippen LogP contribution in [0.2, 0.25) is 5.15 Å². The van der Waals surface area contributed by atoms with Crippen LogP contribution in [0.25, 0.3) is 0 Å². The van der Waals surface area contributed by atoms with Gasteiger partial charge in [0.1, 0.15) is 5.15 Å². The van der Waals surface area contributed by atoms with Gasteiger partial charge in [0.25, 0.3) is 0 Å². The number of hydrogen-bond donors (Lipinski definition) is 1. The van der Waals surface area contributed by atoms with Crippen molar-refractivity contribution in [3.63, 3.8) is 0 Å². The number of nitrogens with one attached hydrogen (secondary N) is 1. The number of likely N-dealkylation sites (N-methyl/N-ethyl adjacent to an activating group) is 1. The molecule has 112 valence electrons. The van der Waals surface area contributed by atoms with E-state index >= 15 is 0 Å². The molecule has 1 aliphatic carbocycles. The lowest BCUT2D eigenvalue weighted by atomic mass is 9.92. The summed E-state index contributed by atoms with van der Waals surface area (Å²) in [4.78, 5) is 0. The van der Waals surface area contributed by atoms with Crippen molar-refractivity contribution in [3.05, 3.63) is 28.1 Å². The van der Waals surface area contributed by atoms with E-state index in [0.717, 1.165) is 30.2 Å². The number of aryl methyl sites for hydroxylation is 2. The van der Waals surface area contributed by atoms with E-state index in [2.05, 4.69) is 23.4 Å². The summed E-state index contributed by atoms with van der Waals surface area (Å²) in [6.07, 6.45) is 9.75. The van der Waals surface area contributed by atoms with Crippen LogP contribution in [0.5, 0.6) is 0 Å². The number of hydrogen-bond acceptors (Lipinski definition) is 2. The predicted octanol–water partition coefficient (Wildman–Crippen LogP) is 3.79. The molecule has 0 aliphatic heterocycles. The first kappa shape index (κ1) is 15.6. The van der Waals surface area contributed by atoms with Gasteiger partial charge in [0.2, 0.25) is 0 Å². The van der Waals surface area contributed by atoms with Crippen molar-refractivity contribution in [1.29, 1.82) is 0 Å². The molecular formula is C16H26ClN3. The van der Waals surface area contributed by atoms with Crippen molar-refractivity contribution in [1.82, 2.24) is 15.1 Å². The van der Waals surface area contributed by atoms with Gasteiger partial charge in [-0.1, -0.05) is 30.2 Å². The van der Waals surface area contributed by atoms with Crippen molar-refractivity contribution in [2.75, 3.05) is 6.54 Å². The second-order valence-electron chi connectivity index (χ2n) is 5.75. The van der Waals surface area contributed by atoms with Crippen LogP contribution >= 0.6 is 11.6 Å². The van der Waals surface area contributed by atoms with Gasteiger partial charge in [0, 0.05) is 18.7 Å². The molecular weight excluding hydrogens is 270 g/mol. The van der Waals surface area contributed by atoms with Crippen LogP contribution in [-0.4, -0.2) is 22.4 Å². The monoisotopic (exact) mass is 295 g/mol. The van der Waals surface area contributed by atoms with Crippen molar-refractivity contribution in [2.45, 2.75) is 58.4 Å². The van der Waals surface area contributed by atoms with Crippen molar-refractivity contribution in [2.24, 2.45) is 7.05 Å². The second-order valence-corrected chi connectivity index (χ2v) is 6.11. The SMILES string of the molecule is CCNC(CC1=CCCCC1)Cc1c(C)nn(C)c1Cl. The Balaban J connectivity index is 2.06. The van der Waals surface area contributed by atoms with Crippen LogP contribution in [-0.2, 0) is 13.5 Å². The standard InChI is InChI=1S/C16H26ClN3/c1-4-18-14(10-13-8-6-5-7-9-13)11-15-12(2)19-20(3)16(15)17/h8,14,18H,4-7,9-11H2,1-3H3. The molecule has 2 rings (SSSR count). The molecule has 0 saturated heterocycles. The van der Waals surface area contributed by atoms with E-state index in [0.29, 0.717) is 6.04 Å². The summed E-state index contributed by atoms with van der Waals surface area (Å²) in [6.45, 7) is 5.21. The molecule has 0 fully saturated rings. The molecule has 0 spiro atoms. The highest BCUT2D eigenvalue weighted by molar-refractivity contribution is 6.30. The first-order chi connectivity index (χ1) is 9.61. The quantitative estimate of drug-likeness (QED) is 0.809. The Morgan fingerprint density at radius 2 is 2.20 bits per heavy atom. The zero-order chi connectivity index (χ0) is 14.5. The molecule has 0 radical (unpaired) electrons. The smallest absolute Gasteiger partial charge is 0.130 e. The van der Waals surface area contributed by atoms with E-state index in [-0.39, 0.29) is 0 Å². The third-order valence-corrected chi connectivity index (χ3v) is 4.58. The number of rotatable bonds is 6. The van der Waals surface area contributed by atoms with Gasteiger partial charge >= 0.3 is 0 Å². The minimum Gasteiger partial charge on any atom is -0.314 e. The van der Waals surface area contributed by atoms with Crippen LogP contribution in [0.15, 0.2) is 11.6 Å². The van der Waals surface area contributed by atoms with Crippen molar-refractivity contribution in [3.8, 4) is 0 Å². The van der Waals surface area contributed by atoms with Crippen LogP contribution in [0.1, 0.15) is 50.3 Å². The van der Waals surface area contributed by atoms with E-state index < -0.39 is 0 Å². The zero-order valence-electron chi connectivity index (χ0n) is 12.9. The highest BCUT2D eigenvalue weighted by Crippen LogP contribution is 2.25. The first-order valence-corrected chi connectivity index (χ1v) is 8.08. The molecule has 1 unspecified atom stereocenters. The van der Waals surface area contributed by atoms with Gasteiger partial charge in [-0.2, -0.15) is 5.10 Å². The van der Waals surface area contributed by atoms with E-state index in [1.165, 1.54) is 31.2 Å². The second kappa shape index (κ2) is 7.28. The van der Waals surface area contributed by atoms with Crippen LogP contribution in [0.3, 0.4) is 0 Å². The third kappa shape index (κ3) is 3.86. The molecule has 1 aliphatic rings. The Morgan fingerprint density at radius 1 is 1.40 bits per heavy atom. The fraction of sp³-hybridized carbons (Fsp3) is 0.688. The average molecular weight is 296 g/mol. The number of nitrogens with zero attached hydrogens (tertiary/aromatic N) is 2. The topological polar surface area (TPSA) is 29.9 Å². The van der Waals surface area contributed by atoms with Gasteiger partial charge in [-0.3, -0.25) is 4.68 Å². The van der Waals surface area contributed by atoms with Crippen LogP contribution in [0.4, 0.5) is 0 Å². The Labute approximate surface area is 127 Å². The minimum absolute atomic E-state index is 0.463. The Hall–Kier alpha value is -0.800. The average Bonchev–Trinajstić information content (AvgIpc) is 2.67. The molecule has 3 nitrogen and oxygen atoms in total. The van der Waals surface area contributed by atoms with E-state index in [1.807, 2.05) is 14.0 Å². The Morgan fingerprint density at radius 3 is 2.75 bits per heavy atom. The summed E-state index contributed by atoms with van der Waals surface area (Å²) in [5.41, 5.74) is 3.86. The maximum absolute atomic E-state index is 6.36. The van der Waals surface area contributed by atoms with Gasteiger partial charge in [0.05, 0.1) is 5.69 Å². The van der Waals surface area contributed by atoms with Crippen LogP contribution in [0, 0.1) is 6.92 Å². The number of aromatic nitrogens is 2. The number of halogens is 1. The zero-order valence-corrected chi connectivity index (χ0v) is 13.6. The van der Waals surface area contributed by atoms with Gasteiger partial charge < -0.3 is 5.32 Å². The first-order valence-electron chi connectivity index (χ1n) is 7.71. The summed E-state index contributed by atoms with van der Waals surface area (Å²) in [5.74, 6) is 0. The molecule has 1 N–H and O–H groups in total. The van der Waals surface area contributed by atoms with E-state index in [1.54, 1.807) is 10.3 Å². The maximum atomic E-state index is 6.36. The third-order valence-electron chi connectivity index (χ3n) is 4.11. The van der Waals surface area contributed by atoms with E-state index in [4.69, 9.17) is 11.6 Å². The maximum Gasteiger partial charge on any atom is 0.130 e. The van der Waals surface area contributed by atoms with Crippen molar-refractivity contribution >= 4 is 11.6 Å². The molecule has 1 aromatic heterocycles. The van der Waals surface area contributed by atoms with Gasteiger partial charge in [-0.05, 0) is 52.0 Å². The predicted molar refractivity (Wildman–Crippen MR) is 85.3 cm³/mol. The molecule has 0 amide bonds. The summed E-state index contributed by atoms with van der Waals surface area (Å²) >= 11 is 6.36. The molecule has 0 aromatic carbocycles. The summed E-state index contributed by atoms with van der Waals surface area (Å²) in [7, 11) is 1.91. The van der Waals surface area contributed by atoms with Crippen molar-refractivity contribution < 1.29 is 0 Å².